The van der Waals surface area contributed by atoms with Crippen molar-refractivity contribution >= 4 is 53.0 Å². The summed E-state index contributed by atoms with van der Waals surface area (Å²) in [6, 6.07) is 0. The van der Waals surface area contributed by atoms with E-state index in [0.29, 0.717) is 6.42 Å². The second-order valence-electron chi connectivity index (χ2n) is 4.61. The number of carbonyl (C=O) groups is 1. The van der Waals surface area contributed by atoms with E-state index in [0.717, 1.165) is 18.1 Å². The molecule has 6 heteroatoms. The molecule has 1 N–H and O–H groups in total. The zero-order valence-corrected chi connectivity index (χ0v) is 17.3. The molecular formula is C12H26As2O2S2. The van der Waals surface area contributed by atoms with E-state index in [2.05, 4.69) is 42.9 Å². The Morgan fingerprint density at radius 2 is 1.78 bits per heavy atom. The summed E-state index contributed by atoms with van der Waals surface area (Å²) in [4.78, 5) is 10.5. The molecule has 0 amide bonds. The van der Waals surface area contributed by atoms with Crippen LogP contribution in [0.2, 0.25) is 22.8 Å². The van der Waals surface area contributed by atoms with Crippen molar-refractivity contribution in [1.29, 1.82) is 0 Å². The van der Waals surface area contributed by atoms with Crippen LogP contribution in [0.3, 0.4) is 0 Å². The maximum absolute atomic E-state index is 10.5. The first kappa shape index (κ1) is 19.3. The van der Waals surface area contributed by atoms with E-state index in [1.54, 1.807) is 0 Å². The van der Waals surface area contributed by atoms with Gasteiger partial charge in [0.05, 0.1) is 0 Å². The van der Waals surface area contributed by atoms with Gasteiger partial charge in [0.25, 0.3) is 0 Å². The minimum atomic E-state index is -0.653. The van der Waals surface area contributed by atoms with Crippen LogP contribution in [0.1, 0.15) is 32.1 Å². The van der Waals surface area contributed by atoms with Gasteiger partial charge in [-0.05, 0) is 0 Å². The Morgan fingerprint density at radius 1 is 1.11 bits per heavy atom. The molecule has 18 heavy (non-hydrogen) atoms. The van der Waals surface area contributed by atoms with E-state index in [1.165, 1.54) is 18.6 Å². The first-order valence-corrected chi connectivity index (χ1v) is 20.2. The van der Waals surface area contributed by atoms with E-state index >= 15 is 0 Å². The molecule has 0 aromatic rings. The Bertz CT molecular complexity index is 226. The predicted molar refractivity (Wildman–Crippen MR) is 89.5 cm³/mol. The third-order valence-electron chi connectivity index (χ3n) is 2.32. The average Bonchev–Trinajstić information content (AvgIpc) is 2.22. The molecule has 0 bridgehead atoms. The monoisotopic (exact) mass is 416 g/mol. The maximum atomic E-state index is 10.5. The van der Waals surface area contributed by atoms with Crippen LogP contribution in [-0.2, 0) is 4.79 Å². The second kappa shape index (κ2) is 12.1. The van der Waals surface area contributed by atoms with Gasteiger partial charge in [-0.2, -0.15) is 0 Å². The van der Waals surface area contributed by atoms with Gasteiger partial charge < -0.3 is 0 Å². The van der Waals surface area contributed by atoms with E-state index in [1.807, 2.05) is 0 Å². The molecule has 1 atom stereocenters. The Morgan fingerprint density at radius 3 is 2.28 bits per heavy atom. The number of aliphatic carboxylic acids is 1. The molecule has 1 unspecified atom stereocenters. The van der Waals surface area contributed by atoms with Gasteiger partial charge in [-0.3, -0.25) is 0 Å². The number of unbranched alkanes of at least 4 members (excludes halogenated alkanes) is 1. The van der Waals surface area contributed by atoms with Crippen molar-refractivity contribution in [2.24, 2.45) is 0 Å². The number of hydrogen-bond acceptors (Lipinski definition) is 3. The van der Waals surface area contributed by atoms with Gasteiger partial charge >= 0.3 is 129 Å². The van der Waals surface area contributed by atoms with Crippen LogP contribution in [-0.4, -0.2) is 49.1 Å². The van der Waals surface area contributed by atoms with E-state index in [-0.39, 0.29) is 0 Å². The van der Waals surface area contributed by atoms with Crippen LogP contribution in [0.4, 0.5) is 0 Å². The molecule has 0 saturated heterocycles. The van der Waals surface area contributed by atoms with E-state index in [4.69, 9.17) is 5.11 Å². The van der Waals surface area contributed by atoms with Crippen molar-refractivity contribution in [1.82, 2.24) is 0 Å². The van der Waals surface area contributed by atoms with Crippen molar-refractivity contribution in [3.8, 4) is 0 Å². The number of carboxylic acid groups (broad SMARTS) is 1. The normalized spacial score (nSPS) is 13.2. The van der Waals surface area contributed by atoms with Crippen LogP contribution >= 0.6 is 20.0 Å². The topological polar surface area (TPSA) is 37.3 Å². The molecular weight excluding hydrogens is 390 g/mol. The summed E-state index contributed by atoms with van der Waals surface area (Å²) in [5.74, 6) is 0.658. The van der Waals surface area contributed by atoms with E-state index in [9.17, 15) is 4.79 Å². The number of hydrogen-bond donors (Lipinski definition) is 1. The van der Waals surface area contributed by atoms with Gasteiger partial charge in [0.1, 0.15) is 0 Å². The number of rotatable bonds is 11. The summed E-state index contributed by atoms with van der Waals surface area (Å²) in [5.41, 5.74) is 9.58. The fourth-order valence-electron chi connectivity index (χ4n) is 1.56. The Balaban J connectivity index is 3.80. The average molecular weight is 416 g/mol. The van der Waals surface area contributed by atoms with Crippen molar-refractivity contribution in [2.75, 3.05) is 5.75 Å². The fourth-order valence-corrected chi connectivity index (χ4v) is 11.6. The minimum absolute atomic E-state index is 0.338. The van der Waals surface area contributed by atoms with Crippen LogP contribution in [0.5, 0.6) is 0 Å². The van der Waals surface area contributed by atoms with Crippen molar-refractivity contribution in [3.05, 3.63) is 0 Å². The van der Waals surface area contributed by atoms with E-state index < -0.39 is 33.0 Å². The molecule has 0 rings (SSSR count). The van der Waals surface area contributed by atoms with Crippen LogP contribution in [0.15, 0.2) is 0 Å². The molecule has 0 fully saturated rings. The van der Waals surface area contributed by atoms with Crippen LogP contribution < -0.4 is 0 Å². The summed E-state index contributed by atoms with van der Waals surface area (Å²) in [5, 5.41) is 9.42. The van der Waals surface area contributed by atoms with Gasteiger partial charge in [-0.15, -0.1) is 0 Å². The molecule has 108 valence electrons. The van der Waals surface area contributed by atoms with Crippen molar-refractivity contribution in [2.45, 2.75) is 60.2 Å². The molecule has 0 spiro atoms. The molecule has 0 aromatic carbocycles. The van der Waals surface area contributed by atoms with Gasteiger partial charge in [-0.1, -0.05) is 0 Å². The van der Waals surface area contributed by atoms with Crippen molar-refractivity contribution < 1.29 is 9.90 Å². The summed E-state index contributed by atoms with van der Waals surface area (Å²) in [6.45, 7) is 0. The molecule has 0 radical (unpaired) electrons. The number of carboxylic acids is 1. The molecule has 0 aliphatic carbocycles. The second-order valence-corrected chi connectivity index (χ2v) is 23.5. The van der Waals surface area contributed by atoms with Crippen LogP contribution in [0, 0.1) is 0 Å². The van der Waals surface area contributed by atoms with Crippen LogP contribution in [0.25, 0.3) is 0 Å². The Labute approximate surface area is 128 Å². The first-order valence-electron chi connectivity index (χ1n) is 6.28. The zero-order valence-electron chi connectivity index (χ0n) is 11.9. The molecule has 0 heterocycles. The molecule has 0 aliphatic heterocycles. The van der Waals surface area contributed by atoms with Gasteiger partial charge in [0, 0.05) is 0 Å². The molecule has 0 saturated carbocycles. The third kappa shape index (κ3) is 13.7. The molecule has 0 aromatic heterocycles. The standard InChI is InChI=1S/C12H26As2O2S2/c1-13(2)17-10-9-11(18-14(3)4)7-5-6-8-12(15)16/h11H,5-10H2,1-4H3,(H,15,16). The summed E-state index contributed by atoms with van der Waals surface area (Å²) >= 11 is -1.16. The first-order chi connectivity index (χ1) is 8.41. The third-order valence-corrected chi connectivity index (χ3v) is 13.4. The van der Waals surface area contributed by atoms with Gasteiger partial charge in [-0.25, -0.2) is 0 Å². The van der Waals surface area contributed by atoms with Gasteiger partial charge in [0.2, 0.25) is 0 Å². The Kier molecular flexibility index (Phi) is 12.9. The molecule has 0 aliphatic rings. The Hall–Kier alpha value is 1.29. The summed E-state index contributed by atoms with van der Waals surface area (Å²) in [7, 11) is 4.40. The zero-order chi connectivity index (χ0) is 14.0. The quantitative estimate of drug-likeness (QED) is 0.401. The molecule has 2 nitrogen and oxygen atoms in total. The van der Waals surface area contributed by atoms with Gasteiger partial charge in [0.15, 0.2) is 0 Å². The summed E-state index contributed by atoms with van der Waals surface area (Å²) < 4.78 is 0. The summed E-state index contributed by atoms with van der Waals surface area (Å²) in [6.07, 6.45) is 4.80. The predicted octanol–water partition coefficient (Wildman–Crippen LogP) is 4.36. The fraction of sp³-hybridized carbons (Fsp3) is 0.917. The SMILES string of the molecule is C[As](C)SCCC(CCCCC(=O)O)S[As](C)C. The van der Waals surface area contributed by atoms with Crippen molar-refractivity contribution in [3.63, 3.8) is 0 Å².